The van der Waals surface area contributed by atoms with Crippen LogP contribution in [-0.4, -0.2) is 105 Å². The second kappa shape index (κ2) is 10.0. The summed E-state index contributed by atoms with van der Waals surface area (Å²) < 4.78 is 0. The Labute approximate surface area is 221 Å². The van der Waals surface area contributed by atoms with Crippen molar-refractivity contribution < 1.29 is 54.6 Å². The zero-order valence-electron chi connectivity index (χ0n) is 21.5. The molecule has 1 amide bonds. The smallest absolute Gasteiger partial charge is 0.414 e. The third kappa shape index (κ3) is 4.46. The van der Waals surface area contributed by atoms with Crippen LogP contribution in [-0.2, 0) is 30.4 Å². The van der Waals surface area contributed by atoms with Crippen LogP contribution in [0.25, 0.3) is 5.76 Å². The summed E-state index contributed by atoms with van der Waals surface area (Å²) in [6.45, 7) is 0. The van der Waals surface area contributed by atoms with Crippen LogP contribution in [0.3, 0.4) is 0 Å². The van der Waals surface area contributed by atoms with Crippen molar-refractivity contribution in [3.8, 4) is 5.75 Å². The van der Waals surface area contributed by atoms with Crippen molar-refractivity contribution in [3.63, 3.8) is 0 Å². The summed E-state index contributed by atoms with van der Waals surface area (Å²) in [5.74, 6) is -10.2. The number of nitrogens with zero attached hydrogens (tertiary/aromatic N) is 2. The quantitative estimate of drug-likeness (QED) is 0.181. The number of primary amides is 1. The van der Waals surface area contributed by atoms with Crippen molar-refractivity contribution >= 4 is 40.9 Å². The van der Waals surface area contributed by atoms with Gasteiger partial charge in [-0.15, -0.1) is 0 Å². The number of rotatable bonds is 3. The van der Waals surface area contributed by atoms with Crippen LogP contribution in [0, 0.1) is 11.8 Å². The number of benzene rings is 1. The Bertz CT molecular complexity index is 1350. The van der Waals surface area contributed by atoms with Crippen molar-refractivity contribution in [2.45, 2.75) is 24.5 Å². The van der Waals surface area contributed by atoms with Crippen molar-refractivity contribution in [1.82, 2.24) is 4.90 Å². The molecule has 0 aliphatic heterocycles. The van der Waals surface area contributed by atoms with E-state index in [-0.39, 0.29) is 29.7 Å². The number of Topliss-reactive ketones (excluding diaryl/α,β-unsaturated/α-hetero) is 2. The summed E-state index contributed by atoms with van der Waals surface area (Å²) in [6, 6.07) is 2.01. The summed E-state index contributed by atoms with van der Waals surface area (Å²) >= 11 is 0. The highest BCUT2D eigenvalue weighted by molar-refractivity contribution is 6.27. The maximum atomic E-state index is 13.7. The Morgan fingerprint density at radius 1 is 1.00 bits per heavy atom. The van der Waals surface area contributed by atoms with Gasteiger partial charge in [0, 0.05) is 31.3 Å². The molecule has 1 aromatic carbocycles. The predicted molar refractivity (Wildman–Crippen MR) is 134 cm³/mol. The molecule has 0 unspecified atom stereocenters. The Hall–Kier alpha value is -4.43. The van der Waals surface area contributed by atoms with Crippen LogP contribution >= 0.6 is 0 Å². The fraction of sp³-hybridized carbons (Fsp3) is 0.400. The van der Waals surface area contributed by atoms with Crippen molar-refractivity contribution in [2.24, 2.45) is 17.6 Å². The fourth-order valence-electron chi connectivity index (χ4n) is 5.65. The molecule has 0 bridgehead atoms. The topological polar surface area (TPSA) is 239 Å². The van der Waals surface area contributed by atoms with E-state index in [4.69, 9.17) is 25.5 Å². The normalized spacial score (nSPS) is 25.7. The number of carboxylic acids is 2. The molecule has 14 nitrogen and oxygen atoms in total. The molecule has 14 heteroatoms. The minimum atomic E-state index is -2.63. The van der Waals surface area contributed by atoms with Crippen LogP contribution in [0.15, 0.2) is 29.0 Å². The maximum Gasteiger partial charge on any atom is 0.414 e. The monoisotopic (exact) mass is 547 g/mol. The number of likely N-dealkylation sites (N-methyl/N-ethyl adjacent to an activating group) is 1. The Morgan fingerprint density at radius 3 is 2.03 bits per heavy atom. The molecule has 1 saturated carbocycles. The second-order valence-corrected chi connectivity index (χ2v) is 9.92. The molecule has 1 aromatic rings. The van der Waals surface area contributed by atoms with Gasteiger partial charge in [-0.05, 0) is 50.6 Å². The van der Waals surface area contributed by atoms with Crippen LogP contribution in [0.4, 0.5) is 5.69 Å². The predicted octanol–water partition coefficient (Wildman–Crippen LogP) is -0.814. The molecule has 0 saturated heterocycles. The zero-order valence-corrected chi connectivity index (χ0v) is 21.5. The lowest BCUT2D eigenvalue weighted by Gasteiger charge is -2.50. The molecule has 1 fully saturated rings. The van der Waals surface area contributed by atoms with Crippen LogP contribution < -0.4 is 10.6 Å². The molecule has 3 aliphatic rings. The summed E-state index contributed by atoms with van der Waals surface area (Å²) in [4.78, 5) is 60.2. The summed E-state index contributed by atoms with van der Waals surface area (Å²) in [7, 11) is 6.75. The molecule has 0 radical (unpaired) electrons. The van der Waals surface area contributed by atoms with E-state index in [1.54, 1.807) is 20.2 Å². The lowest BCUT2D eigenvalue weighted by atomic mass is 9.57. The van der Waals surface area contributed by atoms with Gasteiger partial charge in [0.25, 0.3) is 5.91 Å². The number of hydrogen-bond acceptors (Lipinski definition) is 11. The van der Waals surface area contributed by atoms with Crippen molar-refractivity contribution in [3.05, 3.63) is 40.2 Å². The number of fused-ring (bicyclic) bond motifs is 3. The Morgan fingerprint density at radius 2 is 1.56 bits per heavy atom. The van der Waals surface area contributed by atoms with Gasteiger partial charge in [0.1, 0.15) is 22.8 Å². The van der Waals surface area contributed by atoms with E-state index in [1.165, 1.54) is 11.0 Å². The first-order valence-electron chi connectivity index (χ1n) is 11.6. The van der Waals surface area contributed by atoms with Gasteiger partial charge in [0.2, 0.25) is 5.78 Å². The van der Waals surface area contributed by atoms with Crippen LogP contribution in [0.5, 0.6) is 5.75 Å². The first-order chi connectivity index (χ1) is 18.0. The standard InChI is InChI=1S/C23H27N3O7.C2H2O4/c1-25(2)12-5-6-13(27)15-10(12)7-9-8-11-17(26(3)4)19(29)16(22(24)32)21(31)23(11,33)20(30)14(9)18(15)28;3-1(4)2(5)6/h5-6,9,11,17,27-28,31,33H,7-8H2,1-4H3,(H2,24,32);(H,3,4)(H,5,6)/t9-,11-,17-,23-;/m0./s1. The number of hydrogen-bond donors (Lipinski definition) is 7. The van der Waals surface area contributed by atoms with E-state index in [2.05, 4.69) is 0 Å². The molecular weight excluding hydrogens is 518 g/mol. The van der Waals surface area contributed by atoms with Gasteiger partial charge in [0.05, 0.1) is 11.6 Å². The largest absolute Gasteiger partial charge is 0.508 e. The van der Waals surface area contributed by atoms with Gasteiger partial charge >= 0.3 is 11.9 Å². The number of carboxylic acid groups (broad SMARTS) is 2. The number of carbonyl (C=O) groups is 5. The highest BCUT2D eigenvalue weighted by atomic mass is 16.4. The van der Waals surface area contributed by atoms with Crippen molar-refractivity contribution in [1.29, 1.82) is 0 Å². The molecule has 0 spiro atoms. The number of nitrogens with two attached hydrogens (primary N) is 1. The molecule has 210 valence electrons. The number of amides is 1. The number of anilines is 1. The number of aromatic hydroxyl groups is 1. The molecule has 8 N–H and O–H groups in total. The number of aliphatic hydroxyl groups excluding tert-OH is 2. The van der Waals surface area contributed by atoms with Gasteiger partial charge in [-0.3, -0.25) is 19.3 Å². The van der Waals surface area contributed by atoms with Gasteiger partial charge in [-0.25, -0.2) is 9.59 Å². The second-order valence-electron chi connectivity index (χ2n) is 9.92. The summed E-state index contributed by atoms with van der Waals surface area (Å²) in [5, 5.41) is 58.7. The maximum absolute atomic E-state index is 13.7. The number of aliphatic carboxylic acids is 2. The molecule has 0 heterocycles. The minimum Gasteiger partial charge on any atom is -0.508 e. The first-order valence-corrected chi connectivity index (χ1v) is 11.6. The van der Waals surface area contributed by atoms with Crippen LogP contribution in [0.2, 0.25) is 0 Å². The molecule has 3 aliphatic carbocycles. The third-order valence-corrected chi connectivity index (χ3v) is 7.24. The molecule has 4 rings (SSSR count). The average molecular weight is 548 g/mol. The average Bonchev–Trinajstić information content (AvgIpc) is 2.81. The van der Waals surface area contributed by atoms with E-state index in [9.17, 15) is 34.8 Å². The highest BCUT2D eigenvalue weighted by Crippen LogP contribution is 2.53. The van der Waals surface area contributed by atoms with Gasteiger partial charge in [-0.2, -0.15) is 0 Å². The fourth-order valence-corrected chi connectivity index (χ4v) is 5.65. The minimum absolute atomic E-state index is 0.0638. The van der Waals surface area contributed by atoms with Gasteiger partial charge in [-0.1, -0.05) is 0 Å². The van der Waals surface area contributed by atoms with E-state index in [1.807, 2.05) is 19.0 Å². The summed E-state index contributed by atoms with van der Waals surface area (Å²) in [5.41, 5.74) is 3.15. The summed E-state index contributed by atoms with van der Waals surface area (Å²) in [6.07, 6.45) is 0.324. The van der Waals surface area contributed by atoms with Crippen molar-refractivity contribution in [2.75, 3.05) is 33.1 Å². The lowest BCUT2D eigenvalue weighted by Crippen LogP contribution is -2.65. The Kier molecular flexibility index (Phi) is 7.50. The number of aliphatic hydroxyl groups is 3. The molecule has 39 heavy (non-hydrogen) atoms. The number of carbonyl (C=O) groups excluding carboxylic acids is 3. The number of phenolic OH excluding ortho intramolecular Hbond substituents is 1. The highest BCUT2D eigenvalue weighted by Gasteiger charge is 2.64. The van der Waals surface area contributed by atoms with Gasteiger partial charge in [0.15, 0.2) is 11.4 Å². The molecular formula is C25H29N3O11. The zero-order chi connectivity index (χ0) is 29.7. The Balaban J connectivity index is 0.000000631. The van der Waals surface area contributed by atoms with E-state index in [0.717, 1.165) is 5.69 Å². The van der Waals surface area contributed by atoms with Crippen LogP contribution in [0.1, 0.15) is 17.5 Å². The number of phenols is 1. The first kappa shape index (κ1) is 29.1. The molecule has 4 atom stereocenters. The third-order valence-electron chi connectivity index (χ3n) is 7.24. The lowest BCUT2D eigenvalue weighted by molar-refractivity contribution is -0.159. The van der Waals surface area contributed by atoms with E-state index < -0.39 is 70.0 Å². The van der Waals surface area contributed by atoms with E-state index >= 15 is 0 Å². The number of ketones is 2. The molecule has 0 aromatic heterocycles. The van der Waals surface area contributed by atoms with E-state index in [0.29, 0.717) is 5.56 Å². The SMILES string of the molecule is CN(C)c1ccc(O)c2c1C[C@H]1C[C@H]3[C@H](N(C)C)C(=O)C(C(N)=O)=C(O)[C@@]3(O)C(=O)C1=C2O.O=C(O)C(=O)O. The van der Waals surface area contributed by atoms with Gasteiger partial charge < -0.3 is 41.3 Å².